The molecule has 28 heavy (non-hydrogen) atoms. The lowest BCUT2D eigenvalue weighted by molar-refractivity contribution is 0.506. The molecular weight excluding hydrogens is 426 g/mol. The summed E-state index contributed by atoms with van der Waals surface area (Å²) in [5, 5.41) is 4.70. The molecule has 144 valence electrons. The zero-order valence-corrected chi connectivity index (χ0v) is 17.4. The molecule has 0 aliphatic rings. The molecule has 0 saturated heterocycles. The molecule has 7 heteroatoms. The predicted octanol–water partition coefficient (Wildman–Crippen LogP) is 5.49. The van der Waals surface area contributed by atoms with Gasteiger partial charge in [0.1, 0.15) is 11.3 Å². The molecule has 0 bridgehead atoms. The molecule has 0 fully saturated rings. The molecule has 0 radical (unpaired) electrons. The van der Waals surface area contributed by atoms with E-state index in [1.165, 1.54) is 6.07 Å². The number of imidazole rings is 1. The molecule has 0 aliphatic heterocycles. The number of nitrogens with zero attached hydrogens (tertiary/aromatic N) is 4. The monoisotopic (exact) mass is 444 g/mol. The van der Waals surface area contributed by atoms with Crippen molar-refractivity contribution < 1.29 is 8.78 Å². The molecule has 0 unspecified atom stereocenters. The van der Waals surface area contributed by atoms with Crippen molar-refractivity contribution in [1.29, 1.82) is 0 Å². The Balaban J connectivity index is 1.88. The van der Waals surface area contributed by atoms with Crippen LogP contribution >= 0.6 is 15.9 Å². The van der Waals surface area contributed by atoms with Crippen LogP contribution in [0.2, 0.25) is 0 Å². The number of hydrogen-bond donors (Lipinski definition) is 0. The third-order valence-corrected chi connectivity index (χ3v) is 5.34. The second kappa shape index (κ2) is 7.13. The minimum atomic E-state index is -0.843. The van der Waals surface area contributed by atoms with E-state index in [1.54, 1.807) is 6.07 Å². The predicted molar refractivity (Wildman–Crippen MR) is 109 cm³/mol. The molecule has 0 atom stereocenters. The topological polar surface area (TPSA) is 35.6 Å². The summed E-state index contributed by atoms with van der Waals surface area (Å²) in [6, 6.07) is 10.0. The van der Waals surface area contributed by atoms with Crippen LogP contribution in [0.4, 0.5) is 8.78 Å². The molecule has 0 spiro atoms. The normalized spacial score (nSPS) is 11.5. The number of benzene rings is 2. The summed E-state index contributed by atoms with van der Waals surface area (Å²) >= 11 is 3.49. The average Bonchev–Trinajstić information content (AvgIpc) is 3.16. The first-order valence-corrected chi connectivity index (χ1v) is 9.83. The van der Waals surface area contributed by atoms with Crippen LogP contribution in [0.5, 0.6) is 0 Å². The van der Waals surface area contributed by atoms with Crippen molar-refractivity contribution in [2.45, 2.75) is 33.7 Å². The van der Waals surface area contributed by atoms with Crippen molar-refractivity contribution in [2.75, 3.05) is 0 Å². The highest BCUT2D eigenvalue weighted by Gasteiger charge is 2.20. The maximum Gasteiger partial charge on any atom is 0.181 e. The van der Waals surface area contributed by atoms with Crippen molar-refractivity contribution in [3.05, 3.63) is 75.2 Å². The standard InChI is InChI=1S/C21H19BrF2N4/c1-4-19-25-21-20(27(19)11-14-5-7-16(23)17(24)10-14)13(3)26-28(21)18-8-6-15(22)9-12(18)2/h5-10H,4,11H2,1-3H3. The average molecular weight is 445 g/mol. The molecule has 4 rings (SSSR count). The first-order chi connectivity index (χ1) is 13.4. The Morgan fingerprint density at radius 3 is 2.50 bits per heavy atom. The minimum absolute atomic E-state index is 0.405. The van der Waals surface area contributed by atoms with Gasteiger partial charge in [-0.1, -0.05) is 28.9 Å². The van der Waals surface area contributed by atoms with Crippen LogP contribution in [0.1, 0.15) is 29.6 Å². The molecule has 2 heterocycles. The summed E-state index contributed by atoms with van der Waals surface area (Å²) in [5.74, 6) is -0.807. The van der Waals surface area contributed by atoms with Crippen molar-refractivity contribution in [2.24, 2.45) is 0 Å². The maximum atomic E-state index is 13.7. The molecule has 0 N–H and O–H groups in total. The highest BCUT2D eigenvalue weighted by Crippen LogP contribution is 2.27. The van der Waals surface area contributed by atoms with E-state index in [4.69, 9.17) is 10.1 Å². The van der Waals surface area contributed by atoms with Crippen LogP contribution in [-0.4, -0.2) is 19.3 Å². The van der Waals surface area contributed by atoms with Gasteiger partial charge in [-0.15, -0.1) is 0 Å². The molecule has 0 amide bonds. The third kappa shape index (κ3) is 3.13. The smallest absolute Gasteiger partial charge is 0.181 e. The lowest BCUT2D eigenvalue weighted by Gasteiger charge is -2.08. The first-order valence-electron chi connectivity index (χ1n) is 9.04. The Bertz CT molecular complexity index is 1190. The van der Waals surface area contributed by atoms with Crippen LogP contribution < -0.4 is 0 Å². The van der Waals surface area contributed by atoms with Gasteiger partial charge >= 0.3 is 0 Å². The highest BCUT2D eigenvalue weighted by molar-refractivity contribution is 9.10. The Labute approximate surface area is 169 Å². The molecule has 0 saturated carbocycles. The van der Waals surface area contributed by atoms with E-state index in [0.29, 0.717) is 12.1 Å². The van der Waals surface area contributed by atoms with Gasteiger partial charge in [0.15, 0.2) is 17.3 Å². The summed E-state index contributed by atoms with van der Waals surface area (Å²) in [6.45, 7) is 6.40. The Kier molecular flexibility index (Phi) is 4.79. The second-order valence-electron chi connectivity index (χ2n) is 6.82. The molecule has 4 aromatic rings. The van der Waals surface area contributed by atoms with Gasteiger partial charge in [0, 0.05) is 17.4 Å². The summed E-state index contributed by atoms with van der Waals surface area (Å²) < 4.78 is 31.8. The fourth-order valence-corrected chi connectivity index (χ4v) is 4.00. The quantitative estimate of drug-likeness (QED) is 0.417. The van der Waals surface area contributed by atoms with Crippen molar-refractivity contribution in [3.63, 3.8) is 0 Å². The van der Waals surface area contributed by atoms with E-state index in [2.05, 4.69) is 15.9 Å². The summed E-state index contributed by atoms with van der Waals surface area (Å²) in [7, 11) is 0. The zero-order valence-electron chi connectivity index (χ0n) is 15.8. The number of rotatable bonds is 4. The summed E-state index contributed by atoms with van der Waals surface area (Å²) in [4.78, 5) is 4.81. The molecule has 2 aromatic carbocycles. The van der Waals surface area contributed by atoms with Gasteiger partial charge in [0.25, 0.3) is 0 Å². The van der Waals surface area contributed by atoms with Gasteiger partial charge in [0.2, 0.25) is 0 Å². The minimum Gasteiger partial charge on any atom is -0.321 e. The number of hydrogen-bond acceptors (Lipinski definition) is 2. The van der Waals surface area contributed by atoms with Crippen molar-refractivity contribution in [3.8, 4) is 5.69 Å². The van der Waals surface area contributed by atoms with E-state index >= 15 is 0 Å². The largest absolute Gasteiger partial charge is 0.321 e. The van der Waals surface area contributed by atoms with Crippen LogP contribution in [-0.2, 0) is 13.0 Å². The molecular formula is C21H19BrF2N4. The maximum absolute atomic E-state index is 13.7. The summed E-state index contributed by atoms with van der Waals surface area (Å²) in [5.41, 5.74) is 5.23. The van der Waals surface area contributed by atoms with E-state index in [1.807, 2.05) is 48.2 Å². The lowest BCUT2D eigenvalue weighted by Crippen LogP contribution is -2.06. The van der Waals surface area contributed by atoms with Crippen molar-refractivity contribution >= 4 is 27.1 Å². The van der Waals surface area contributed by atoms with E-state index in [0.717, 1.165) is 50.9 Å². The first kappa shape index (κ1) is 18.8. The summed E-state index contributed by atoms with van der Waals surface area (Å²) in [6.07, 6.45) is 0.719. The number of aryl methyl sites for hydroxylation is 3. The van der Waals surface area contributed by atoms with Gasteiger partial charge < -0.3 is 4.57 Å². The van der Waals surface area contributed by atoms with Gasteiger partial charge in [-0.25, -0.2) is 18.4 Å². The van der Waals surface area contributed by atoms with Crippen LogP contribution in [0.3, 0.4) is 0 Å². The van der Waals surface area contributed by atoms with Gasteiger partial charge in [-0.3, -0.25) is 0 Å². The second-order valence-corrected chi connectivity index (χ2v) is 7.73. The van der Waals surface area contributed by atoms with E-state index in [9.17, 15) is 8.78 Å². The van der Waals surface area contributed by atoms with Gasteiger partial charge in [-0.05, 0) is 55.3 Å². The Morgan fingerprint density at radius 2 is 1.82 bits per heavy atom. The highest BCUT2D eigenvalue weighted by atomic mass is 79.9. The lowest BCUT2D eigenvalue weighted by atomic mass is 10.2. The van der Waals surface area contributed by atoms with E-state index in [-0.39, 0.29) is 0 Å². The number of halogens is 3. The Hall–Kier alpha value is -2.54. The van der Waals surface area contributed by atoms with Crippen LogP contribution in [0.15, 0.2) is 40.9 Å². The number of fused-ring (bicyclic) bond motifs is 1. The van der Waals surface area contributed by atoms with Crippen LogP contribution in [0, 0.1) is 25.5 Å². The van der Waals surface area contributed by atoms with Crippen LogP contribution in [0.25, 0.3) is 16.9 Å². The number of aromatic nitrogens is 4. The van der Waals surface area contributed by atoms with E-state index < -0.39 is 11.6 Å². The molecule has 2 aromatic heterocycles. The van der Waals surface area contributed by atoms with Gasteiger partial charge in [-0.2, -0.15) is 5.10 Å². The third-order valence-electron chi connectivity index (χ3n) is 4.85. The molecule has 0 aliphatic carbocycles. The van der Waals surface area contributed by atoms with Crippen molar-refractivity contribution in [1.82, 2.24) is 19.3 Å². The fourth-order valence-electron chi connectivity index (χ4n) is 3.52. The Morgan fingerprint density at radius 1 is 1.04 bits per heavy atom. The SMILES string of the molecule is CCc1nc2c(c(C)nn2-c2ccc(Br)cc2C)n1Cc1ccc(F)c(F)c1. The zero-order chi connectivity index (χ0) is 20.0. The fraction of sp³-hybridized carbons (Fsp3) is 0.238. The molecule has 4 nitrogen and oxygen atoms in total. The van der Waals surface area contributed by atoms with Gasteiger partial charge in [0.05, 0.1) is 11.4 Å².